The van der Waals surface area contributed by atoms with Gasteiger partial charge in [0.1, 0.15) is 5.60 Å². The lowest BCUT2D eigenvalue weighted by Crippen LogP contribution is -2.32. The molecule has 2 fully saturated rings. The van der Waals surface area contributed by atoms with Crippen LogP contribution < -0.4 is 5.73 Å². The highest BCUT2D eigenvalue weighted by Crippen LogP contribution is 2.52. The van der Waals surface area contributed by atoms with Gasteiger partial charge in [-0.1, -0.05) is 0 Å². The standard InChI is InChI=1S/C11H17F2NO2/c1-10(16-9(14)15)4-7-2-3-11(12,13)6-8(7)5-10/h7-8H,2-6H2,1H3,(H2,14,15)/t7-,8?,10-/m0/s1. The fourth-order valence-corrected chi connectivity index (χ4v) is 3.31. The third kappa shape index (κ3) is 2.28. The smallest absolute Gasteiger partial charge is 0.405 e. The number of fused-ring (bicyclic) bond motifs is 1. The fourth-order valence-electron chi connectivity index (χ4n) is 3.31. The molecular weight excluding hydrogens is 216 g/mol. The summed E-state index contributed by atoms with van der Waals surface area (Å²) in [5.41, 5.74) is 4.35. The van der Waals surface area contributed by atoms with Gasteiger partial charge < -0.3 is 10.5 Å². The molecule has 2 saturated carbocycles. The number of carbonyl (C=O) groups is 1. The van der Waals surface area contributed by atoms with Gasteiger partial charge in [-0.25, -0.2) is 13.6 Å². The molecule has 3 nitrogen and oxygen atoms in total. The molecule has 0 heterocycles. The third-order valence-corrected chi connectivity index (χ3v) is 3.84. The van der Waals surface area contributed by atoms with Crippen LogP contribution in [0.2, 0.25) is 0 Å². The van der Waals surface area contributed by atoms with Gasteiger partial charge in [0, 0.05) is 12.8 Å². The SMILES string of the molecule is C[C@@]1(OC(N)=O)CC2CC(F)(F)CC[C@H]2C1. The normalized spacial score (nSPS) is 41.4. The van der Waals surface area contributed by atoms with Crippen LogP contribution in [0, 0.1) is 11.8 Å². The molecular formula is C11H17F2NO2. The number of nitrogens with two attached hydrogens (primary N) is 1. The second-order valence-electron chi connectivity index (χ2n) is 5.40. The lowest BCUT2D eigenvalue weighted by atomic mass is 9.80. The predicted octanol–water partition coefficient (Wildman–Crippen LogP) is 2.69. The Morgan fingerprint density at radius 1 is 1.31 bits per heavy atom. The van der Waals surface area contributed by atoms with Crippen LogP contribution in [0.1, 0.15) is 39.0 Å². The second kappa shape index (κ2) is 3.57. The van der Waals surface area contributed by atoms with E-state index in [0.29, 0.717) is 19.3 Å². The average Bonchev–Trinajstić information content (AvgIpc) is 2.36. The van der Waals surface area contributed by atoms with Crippen LogP contribution in [-0.2, 0) is 4.74 Å². The summed E-state index contributed by atoms with van der Waals surface area (Å²) in [6.45, 7) is 1.79. The van der Waals surface area contributed by atoms with Gasteiger partial charge in [-0.2, -0.15) is 0 Å². The zero-order chi connectivity index (χ0) is 12.0. The molecule has 0 bridgehead atoms. The van der Waals surface area contributed by atoms with Crippen molar-refractivity contribution in [2.24, 2.45) is 17.6 Å². The van der Waals surface area contributed by atoms with Gasteiger partial charge >= 0.3 is 6.09 Å². The van der Waals surface area contributed by atoms with Crippen LogP contribution in [0.4, 0.5) is 13.6 Å². The van der Waals surface area contributed by atoms with Crippen molar-refractivity contribution in [2.75, 3.05) is 0 Å². The maximum absolute atomic E-state index is 13.2. The van der Waals surface area contributed by atoms with E-state index >= 15 is 0 Å². The van der Waals surface area contributed by atoms with E-state index in [1.54, 1.807) is 6.92 Å². The molecule has 3 atom stereocenters. The number of alkyl halides is 2. The first-order valence-corrected chi connectivity index (χ1v) is 5.66. The molecule has 2 N–H and O–H groups in total. The summed E-state index contributed by atoms with van der Waals surface area (Å²) in [4.78, 5) is 10.7. The molecule has 0 aliphatic heterocycles. The Hall–Kier alpha value is -0.870. The van der Waals surface area contributed by atoms with E-state index in [-0.39, 0.29) is 24.7 Å². The van der Waals surface area contributed by atoms with E-state index in [1.165, 1.54) is 0 Å². The van der Waals surface area contributed by atoms with Crippen molar-refractivity contribution < 1.29 is 18.3 Å². The van der Waals surface area contributed by atoms with Gasteiger partial charge in [-0.05, 0) is 38.0 Å². The fraction of sp³-hybridized carbons (Fsp3) is 0.909. The predicted molar refractivity (Wildman–Crippen MR) is 54.1 cm³/mol. The lowest BCUT2D eigenvalue weighted by Gasteiger charge is -2.30. The number of halogens is 2. The summed E-state index contributed by atoms with van der Waals surface area (Å²) in [7, 11) is 0. The van der Waals surface area contributed by atoms with Gasteiger partial charge in [-0.15, -0.1) is 0 Å². The monoisotopic (exact) mass is 233 g/mol. The lowest BCUT2D eigenvalue weighted by molar-refractivity contribution is -0.0637. The topological polar surface area (TPSA) is 52.3 Å². The molecule has 0 aromatic rings. The van der Waals surface area contributed by atoms with Crippen molar-refractivity contribution in [3.05, 3.63) is 0 Å². The van der Waals surface area contributed by atoms with Crippen molar-refractivity contribution in [1.29, 1.82) is 0 Å². The molecule has 5 heteroatoms. The van der Waals surface area contributed by atoms with Gasteiger partial charge in [0.2, 0.25) is 5.92 Å². The van der Waals surface area contributed by atoms with E-state index in [1.807, 2.05) is 0 Å². The Morgan fingerprint density at radius 3 is 2.56 bits per heavy atom. The highest BCUT2D eigenvalue weighted by molar-refractivity contribution is 5.65. The van der Waals surface area contributed by atoms with Crippen molar-refractivity contribution in [3.8, 4) is 0 Å². The number of ether oxygens (including phenoxy) is 1. The highest BCUT2D eigenvalue weighted by atomic mass is 19.3. The van der Waals surface area contributed by atoms with Crippen molar-refractivity contribution in [1.82, 2.24) is 0 Å². The van der Waals surface area contributed by atoms with E-state index in [4.69, 9.17) is 10.5 Å². The van der Waals surface area contributed by atoms with Gasteiger partial charge in [0.15, 0.2) is 0 Å². The molecule has 0 aromatic carbocycles. The maximum atomic E-state index is 13.2. The molecule has 0 aromatic heterocycles. The van der Waals surface area contributed by atoms with Crippen LogP contribution in [0.15, 0.2) is 0 Å². The van der Waals surface area contributed by atoms with Crippen LogP contribution in [0.5, 0.6) is 0 Å². The van der Waals surface area contributed by atoms with E-state index in [0.717, 1.165) is 0 Å². The maximum Gasteiger partial charge on any atom is 0.405 e. The van der Waals surface area contributed by atoms with E-state index < -0.39 is 17.6 Å². The number of hydrogen-bond acceptors (Lipinski definition) is 2. The summed E-state index contributed by atoms with van der Waals surface area (Å²) in [6, 6.07) is 0. The molecule has 0 saturated heterocycles. The Balaban J connectivity index is 2.03. The average molecular weight is 233 g/mol. The molecule has 0 spiro atoms. The number of rotatable bonds is 1. The third-order valence-electron chi connectivity index (χ3n) is 3.84. The second-order valence-corrected chi connectivity index (χ2v) is 5.40. The molecule has 1 amide bonds. The van der Waals surface area contributed by atoms with Crippen molar-refractivity contribution in [2.45, 2.75) is 50.6 Å². The molecule has 92 valence electrons. The van der Waals surface area contributed by atoms with Gasteiger partial charge in [-0.3, -0.25) is 0 Å². The van der Waals surface area contributed by atoms with Crippen LogP contribution >= 0.6 is 0 Å². The van der Waals surface area contributed by atoms with Crippen LogP contribution in [0.3, 0.4) is 0 Å². The quantitative estimate of drug-likeness (QED) is 0.757. The van der Waals surface area contributed by atoms with Gasteiger partial charge in [0.05, 0.1) is 0 Å². The largest absolute Gasteiger partial charge is 0.443 e. The number of primary amides is 1. The Labute approximate surface area is 93.3 Å². The minimum absolute atomic E-state index is 0.0342. The van der Waals surface area contributed by atoms with Gasteiger partial charge in [0.25, 0.3) is 0 Å². The summed E-state index contributed by atoms with van der Waals surface area (Å²) >= 11 is 0. The highest BCUT2D eigenvalue weighted by Gasteiger charge is 2.51. The Kier molecular flexibility index (Phi) is 2.59. The number of hydrogen-bond donors (Lipinski definition) is 1. The summed E-state index contributed by atoms with van der Waals surface area (Å²) in [5, 5.41) is 0. The zero-order valence-corrected chi connectivity index (χ0v) is 9.34. The molecule has 2 aliphatic carbocycles. The first-order valence-electron chi connectivity index (χ1n) is 5.66. The minimum Gasteiger partial charge on any atom is -0.443 e. The molecule has 2 rings (SSSR count). The molecule has 0 radical (unpaired) electrons. The van der Waals surface area contributed by atoms with Crippen LogP contribution in [-0.4, -0.2) is 17.6 Å². The minimum atomic E-state index is -2.54. The molecule has 2 aliphatic rings. The van der Waals surface area contributed by atoms with E-state index in [9.17, 15) is 13.6 Å². The Bertz CT molecular complexity index is 308. The number of carbonyl (C=O) groups excluding carboxylic acids is 1. The zero-order valence-electron chi connectivity index (χ0n) is 9.34. The van der Waals surface area contributed by atoms with Crippen LogP contribution in [0.25, 0.3) is 0 Å². The summed E-state index contributed by atoms with van der Waals surface area (Å²) in [6.07, 6.45) is 0.770. The summed E-state index contributed by atoms with van der Waals surface area (Å²) in [5.74, 6) is -2.32. The van der Waals surface area contributed by atoms with Crippen molar-refractivity contribution in [3.63, 3.8) is 0 Å². The first kappa shape index (κ1) is 11.6. The van der Waals surface area contributed by atoms with Crippen molar-refractivity contribution >= 4 is 6.09 Å². The number of amides is 1. The molecule has 16 heavy (non-hydrogen) atoms. The Morgan fingerprint density at radius 2 is 1.94 bits per heavy atom. The first-order chi connectivity index (χ1) is 7.30. The van der Waals surface area contributed by atoms with E-state index in [2.05, 4.69) is 0 Å². The molecule has 1 unspecified atom stereocenters. The summed E-state index contributed by atoms with van der Waals surface area (Å²) < 4.78 is 31.5.